The van der Waals surface area contributed by atoms with Gasteiger partial charge in [-0.3, -0.25) is 9.10 Å². The predicted octanol–water partition coefficient (Wildman–Crippen LogP) is 1.57. The van der Waals surface area contributed by atoms with Gasteiger partial charge in [0.15, 0.2) is 0 Å². The van der Waals surface area contributed by atoms with Crippen molar-refractivity contribution in [2.75, 3.05) is 59.6 Å². The molecule has 200 valence electrons. The van der Waals surface area contributed by atoms with Gasteiger partial charge in [-0.1, -0.05) is 30.3 Å². The molecule has 10 heteroatoms. The van der Waals surface area contributed by atoms with Crippen molar-refractivity contribution in [3.8, 4) is 0 Å². The van der Waals surface area contributed by atoms with E-state index >= 15 is 0 Å². The molecule has 5 rings (SSSR count). The number of aliphatic hydroxyl groups is 1. The summed E-state index contributed by atoms with van der Waals surface area (Å²) in [5.74, 6) is -0.293. The van der Waals surface area contributed by atoms with Crippen LogP contribution in [-0.4, -0.2) is 83.1 Å². The van der Waals surface area contributed by atoms with E-state index in [0.29, 0.717) is 36.8 Å². The molecule has 37 heavy (non-hydrogen) atoms. The van der Waals surface area contributed by atoms with Crippen molar-refractivity contribution in [3.63, 3.8) is 0 Å². The number of sulfonamides is 1. The van der Waals surface area contributed by atoms with Gasteiger partial charge in [-0.15, -0.1) is 0 Å². The lowest BCUT2D eigenvalue weighted by Crippen LogP contribution is -2.49. The van der Waals surface area contributed by atoms with Gasteiger partial charge in [-0.25, -0.2) is 8.42 Å². The van der Waals surface area contributed by atoms with Crippen LogP contribution >= 0.6 is 0 Å². The van der Waals surface area contributed by atoms with Crippen LogP contribution in [0, 0.1) is 0 Å². The first-order valence-corrected chi connectivity index (χ1v) is 14.8. The summed E-state index contributed by atoms with van der Waals surface area (Å²) in [7, 11) is -1.94. The van der Waals surface area contributed by atoms with Crippen LogP contribution in [0.5, 0.6) is 0 Å². The Labute approximate surface area is 219 Å². The summed E-state index contributed by atoms with van der Waals surface area (Å²) in [5, 5.41) is 17.5. The Morgan fingerprint density at radius 3 is 2.54 bits per heavy atom. The molecule has 0 aromatic heterocycles. The molecule has 0 saturated heterocycles. The van der Waals surface area contributed by atoms with Crippen LogP contribution in [0.2, 0.25) is 0 Å². The average Bonchev–Trinajstić information content (AvgIpc) is 3.74. The minimum Gasteiger partial charge on any atom is -0.390 e. The lowest BCUT2D eigenvalue weighted by Gasteiger charge is -2.39. The number of nitrogens with zero attached hydrogens (tertiary/aromatic N) is 3. The normalized spacial score (nSPS) is 20.1. The molecule has 3 N–H and O–H groups in total. The highest BCUT2D eigenvalue weighted by Gasteiger charge is 2.35. The lowest BCUT2D eigenvalue weighted by atomic mass is 9.99. The molecule has 2 aromatic carbocycles. The van der Waals surface area contributed by atoms with E-state index in [-0.39, 0.29) is 11.7 Å². The SMILES string of the molecule is CCN1CCN2CCS(=O)(=O)N(C)c3cc(C(=O)N[C@@H](Cc4ccccc4)[C@H](O)CNC4CC4)cc1c32. The number of anilines is 3. The highest BCUT2D eigenvalue weighted by molar-refractivity contribution is 7.92. The van der Waals surface area contributed by atoms with Crippen molar-refractivity contribution in [2.45, 2.75) is 44.4 Å². The zero-order valence-corrected chi connectivity index (χ0v) is 22.4. The average molecular weight is 528 g/mol. The molecule has 1 aliphatic carbocycles. The molecule has 2 aliphatic heterocycles. The minimum absolute atomic E-state index is 0.0324. The van der Waals surface area contributed by atoms with Crippen LogP contribution in [0.3, 0.4) is 0 Å². The van der Waals surface area contributed by atoms with E-state index in [4.69, 9.17) is 0 Å². The van der Waals surface area contributed by atoms with Crippen LogP contribution in [-0.2, 0) is 16.4 Å². The Balaban J connectivity index is 1.47. The zero-order chi connectivity index (χ0) is 26.2. The Kier molecular flexibility index (Phi) is 7.33. The van der Waals surface area contributed by atoms with Gasteiger partial charge in [-0.2, -0.15) is 0 Å². The number of benzene rings is 2. The van der Waals surface area contributed by atoms with Crippen molar-refractivity contribution < 1.29 is 18.3 Å². The van der Waals surface area contributed by atoms with E-state index in [0.717, 1.165) is 49.4 Å². The molecule has 1 amide bonds. The molecule has 9 nitrogen and oxygen atoms in total. The van der Waals surface area contributed by atoms with Crippen molar-refractivity contribution in [2.24, 2.45) is 0 Å². The first-order chi connectivity index (χ1) is 17.8. The second-order valence-electron chi connectivity index (χ2n) is 10.2. The van der Waals surface area contributed by atoms with Gasteiger partial charge < -0.3 is 25.5 Å². The maximum Gasteiger partial charge on any atom is 0.251 e. The highest BCUT2D eigenvalue weighted by Crippen LogP contribution is 2.44. The first kappa shape index (κ1) is 25.8. The monoisotopic (exact) mass is 527 g/mol. The standard InChI is InChI=1S/C27H37N5O4S/c1-3-31-11-12-32-13-14-37(35,36)30(2)23-16-20(17-24(31)26(23)32)27(34)29-22(15-19-7-5-4-6-8-19)25(33)18-28-21-9-10-21/h4-8,16-17,21-22,25,28,33H,3,9-15,18H2,1-2H3,(H,29,34)/t22-,25+/m0/s1. The van der Waals surface area contributed by atoms with Gasteiger partial charge in [-0.05, 0) is 43.9 Å². The predicted molar refractivity (Wildman–Crippen MR) is 147 cm³/mol. The Bertz CT molecular complexity index is 1230. The first-order valence-electron chi connectivity index (χ1n) is 13.2. The molecule has 3 aliphatic rings. The summed E-state index contributed by atoms with van der Waals surface area (Å²) in [4.78, 5) is 18.0. The number of nitrogens with one attached hydrogen (secondary N) is 2. The summed E-state index contributed by atoms with van der Waals surface area (Å²) in [6.07, 6.45) is 1.94. The summed E-state index contributed by atoms with van der Waals surface area (Å²) >= 11 is 0. The van der Waals surface area contributed by atoms with Crippen molar-refractivity contribution in [1.82, 2.24) is 10.6 Å². The third-order valence-corrected chi connectivity index (χ3v) is 9.39. The number of amides is 1. The number of aliphatic hydroxyl groups excluding tert-OH is 1. The van der Waals surface area contributed by atoms with Crippen LogP contribution in [0.15, 0.2) is 42.5 Å². The lowest BCUT2D eigenvalue weighted by molar-refractivity contribution is 0.0830. The molecule has 0 spiro atoms. The quantitative estimate of drug-likeness (QED) is 0.455. The number of carbonyl (C=O) groups excluding carboxylic acids is 1. The number of hydrogen-bond donors (Lipinski definition) is 3. The molecule has 0 unspecified atom stereocenters. The summed E-state index contributed by atoms with van der Waals surface area (Å²) in [6, 6.07) is 13.3. The van der Waals surface area contributed by atoms with E-state index in [1.807, 2.05) is 36.4 Å². The van der Waals surface area contributed by atoms with Gasteiger partial charge in [0.05, 0.1) is 35.0 Å². The Hall–Kier alpha value is -2.82. The van der Waals surface area contributed by atoms with E-state index in [9.17, 15) is 18.3 Å². The second-order valence-corrected chi connectivity index (χ2v) is 12.4. The summed E-state index contributed by atoms with van der Waals surface area (Å²) < 4.78 is 27.2. The number of likely N-dealkylation sites (N-methyl/N-ethyl adjacent to an activating group) is 1. The van der Waals surface area contributed by atoms with E-state index in [2.05, 4.69) is 27.4 Å². The van der Waals surface area contributed by atoms with Crippen LogP contribution in [0.1, 0.15) is 35.7 Å². The van der Waals surface area contributed by atoms with Gasteiger partial charge in [0.25, 0.3) is 5.91 Å². The van der Waals surface area contributed by atoms with Crippen LogP contribution < -0.4 is 24.7 Å². The molecular formula is C27H37N5O4S. The van der Waals surface area contributed by atoms with E-state index in [1.54, 1.807) is 13.1 Å². The molecule has 2 aromatic rings. The highest BCUT2D eigenvalue weighted by atomic mass is 32.2. The molecular weight excluding hydrogens is 490 g/mol. The van der Waals surface area contributed by atoms with Crippen molar-refractivity contribution in [1.29, 1.82) is 0 Å². The van der Waals surface area contributed by atoms with Crippen molar-refractivity contribution >= 4 is 33.0 Å². The Morgan fingerprint density at radius 1 is 1.11 bits per heavy atom. The molecule has 1 saturated carbocycles. The summed E-state index contributed by atoms with van der Waals surface area (Å²) in [5.41, 5.74) is 3.67. The number of hydrogen-bond acceptors (Lipinski definition) is 7. The molecule has 2 heterocycles. The largest absolute Gasteiger partial charge is 0.390 e. The maximum atomic E-state index is 13.7. The smallest absolute Gasteiger partial charge is 0.251 e. The maximum absolute atomic E-state index is 13.7. The van der Waals surface area contributed by atoms with Gasteiger partial charge in [0.1, 0.15) is 0 Å². The van der Waals surface area contributed by atoms with Crippen molar-refractivity contribution in [3.05, 3.63) is 53.6 Å². The molecule has 1 fully saturated rings. The van der Waals surface area contributed by atoms with Crippen LogP contribution in [0.4, 0.5) is 17.1 Å². The zero-order valence-electron chi connectivity index (χ0n) is 21.6. The topological polar surface area (TPSA) is 105 Å². The van der Waals surface area contributed by atoms with E-state index < -0.39 is 22.2 Å². The summed E-state index contributed by atoms with van der Waals surface area (Å²) in [6.45, 7) is 5.14. The van der Waals surface area contributed by atoms with Gasteiger partial charge in [0.2, 0.25) is 10.0 Å². The van der Waals surface area contributed by atoms with Gasteiger partial charge in [0, 0.05) is 51.4 Å². The number of carbonyl (C=O) groups is 1. The fourth-order valence-electron chi connectivity index (χ4n) is 5.20. The van der Waals surface area contributed by atoms with Crippen LogP contribution in [0.25, 0.3) is 0 Å². The van der Waals surface area contributed by atoms with E-state index in [1.165, 1.54) is 4.31 Å². The molecule has 0 bridgehead atoms. The Morgan fingerprint density at radius 2 is 1.84 bits per heavy atom. The molecule has 2 atom stereocenters. The fourth-order valence-corrected chi connectivity index (χ4v) is 6.36. The minimum atomic E-state index is -3.50. The van der Waals surface area contributed by atoms with Gasteiger partial charge >= 0.3 is 0 Å². The third kappa shape index (κ3) is 5.56. The number of rotatable bonds is 9. The fraction of sp³-hybridized carbons (Fsp3) is 0.519. The molecule has 0 radical (unpaired) electrons. The second kappa shape index (κ2) is 10.5. The third-order valence-electron chi connectivity index (χ3n) is 7.66.